The van der Waals surface area contributed by atoms with E-state index >= 15 is 0 Å². The number of carbonyl (C=O) groups is 2. The van der Waals surface area contributed by atoms with Crippen LogP contribution in [0.4, 0.5) is 24.5 Å². The molecule has 1 fully saturated rings. The molecule has 0 unspecified atom stereocenters. The minimum Gasteiger partial charge on any atom is -0.371 e. The maximum Gasteiger partial charge on any atom is 0.435 e. The van der Waals surface area contributed by atoms with E-state index in [1.54, 1.807) is 6.92 Å². The van der Waals surface area contributed by atoms with Crippen molar-refractivity contribution in [2.45, 2.75) is 38.4 Å². The summed E-state index contributed by atoms with van der Waals surface area (Å²) in [7, 11) is 0. The SMILES string of the molecule is C[C@@H](CC(=O)Nc1cccc(N2CCCC2)c1)NC(=O)c1ccc(-n2ccc(C(F)(F)F)n2)cc1. The van der Waals surface area contributed by atoms with E-state index in [-0.39, 0.29) is 18.2 Å². The number of nitrogens with zero attached hydrogens (tertiary/aromatic N) is 3. The van der Waals surface area contributed by atoms with E-state index in [1.807, 2.05) is 24.3 Å². The second kappa shape index (κ2) is 10.2. The molecule has 184 valence electrons. The van der Waals surface area contributed by atoms with Gasteiger partial charge in [0, 0.05) is 48.7 Å². The van der Waals surface area contributed by atoms with Crippen LogP contribution in [0, 0.1) is 0 Å². The molecule has 2 heterocycles. The van der Waals surface area contributed by atoms with Crippen molar-refractivity contribution in [1.82, 2.24) is 15.1 Å². The third kappa shape index (κ3) is 6.20. The van der Waals surface area contributed by atoms with Gasteiger partial charge in [0.2, 0.25) is 5.91 Å². The molecule has 35 heavy (non-hydrogen) atoms. The van der Waals surface area contributed by atoms with Gasteiger partial charge < -0.3 is 15.5 Å². The Labute approximate surface area is 200 Å². The Hall–Kier alpha value is -3.82. The van der Waals surface area contributed by atoms with Crippen molar-refractivity contribution in [1.29, 1.82) is 0 Å². The highest BCUT2D eigenvalue weighted by molar-refractivity contribution is 5.96. The highest BCUT2D eigenvalue weighted by Crippen LogP contribution is 2.28. The zero-order valence-corrected chi connectivity index (χ0v) is 19.2. The van der Waals surface area contributed by atoms with E-state index in [4.69, 9.17) is 0 Å². The van der Waals surface area contributed by atoms with E-state index in [0.29, 0.717) is 16.9 Å². The first-order chi connectivity index (χ1) is 16.7. The summed E-state index contributed by atoms with van der Waals surface area (Å²) in [5.41, 5.74) is 1.51. The van der Waals surface area contributed by atoms with Crippen LogP contribution in [0.2, 0.25) is 0 Å². The second-order valence-electron chi connectivity index (χ2n) is 8.56. The van der Waals surface area contributed by atoms with Crippen LogP contribution < -0.4 is 15.5 Å². The quantitative estimate of drug-likeness (QED) is 0.511. The summed E-state index contributed by atoms with van der Waals surface area (Å²) in [5.74, 6) is -0.602. The molecular weight excluding hydrogens is 459 g/mol. The molecule has 0 aliphatic carbocycles. The maximum absolute atomic E-state index is 12.7. The molecule has 1 aromatic heterocycles. The topological polar surface area (TPSA) is 79.3 Å². The van der Waals surface area contributed by atoms with Crippen LogP contribution in [0.3, 0.4) is 0 Å². The molecular formula is C25H26F3N5O2. The smallest absolute Gasteiger partial charge is 0.371 e. The van der Waals surface area contributed by atoms with Gasteiger partial charge in [-0.1, -0.05) is 6.07 Å². The van der Waals surface area contributed by atoms with Crippen LogP contribution in [-0.2, 0) is 11.0 Å². The Morgan fingerprint density at radius 1 is 1.03 bits per heavy atom. The molecule has 1 aliphatic heterocycles. The molecule has 7 nitrogen and oxygen atoms in total. The Kier molecular flexibility index (Phi) is 7.09. The number of nitrogens with one attached hydrogen (secondary N) is 2. The number of benzene rings is 2. The number of hydrogen-bond donors (Lipinski definition) is 2. The summed E-state index contributed by atoms with van der Waals surface area (Å²) < 4.78 is 39.3. The largest absolute Gasteiger partial charge is 0.435 e. The summed E-state index contributed by atoms with van der Waals surface area (Å²) >= 11 is 0. The predicted molar refractivity (Wildman–Crippen MR) is 127 cm³/mol. The molecule has 0 radical (unpaired) electrons. The molecule has 1 atom stereocenters. The van der Waals surface area contributed by atoms with E-state index in [1.165, 1.54) is 43.3 Å². The van der Waals surface area contributed by atoms with Gasteiger partial charge in [0.25, 0.3) is 5.91 Å². The van der Waals surface area contributed by atoms with Crippen LogP contribution in [0.5, 0.6) is 0 Å². The van der Waals surface area contributed by atoms with Gasteiger partial charge in [-0.05, 0) is 68.3 Å². The molecule has 0 saturated carbocycles. The van der Waals surface area contributed by atoms with Gasteiger partial charge in [-0.2, -0.15) is 18.3 Å². The van der Waals surface area contributed by atoms with Gasteiger partial charge >= 0.3 is 6.18 Å². The summed E-state index contributed by atoms with van der Waals surface area (Å²) in [6.45, 7) is 3.75. The van der Waals surface area contributed by atoms with Crippen molar-refractivity contribution in [3.8, 4) is 5.69 Å². The van der Waals surface area contributed by atoms with Crippen molar-refractivity contribution < 1.29 is 22.8 Å². The van der Waals surface area contributed by atoms with Crippen LogP contribution >= 0.6 is 0 Å². The number of anilines is 2. The fourth-order valence-corrected chi connectivity index (χ4v) is 3.99. The van der Waals surface area contributed by atoms with E-state index in [2.05, 4.69) is 20.6 Å². The highest BCUT2D eigenvalue weighted by Gasteiger charge is 2.33. The first kappa shape index (κ1) is 24.3. The molecule has 0 spiro atoms. The van der Waals surface area contributed by atoms with Crippen molar-refractivity contribution in [3.63, 3.8) is 0 Å². The second-order valence-corrected chi connectivity index (χ2v) is 8.56. The van der Waals surface area contributed by atoms with Crippen LogP contribution in [-0.4, -0.2) is 40.7 Å². The van der Waals surface area contributed by atoms with Crippen LogP contribution in [0.1, 0.15) is 42.2 Å². The third-order valence-corrected chi connectivity index (χ3v) is 5.74. The Morgan fingerprint density at radius 2 is 1.74 bits per heavy atom. The van der Waals surface area contributed by atoms with Crippen molar-refractivity contribution in [2.24, 2.45) is 0 Å². The first-order valence-electron chi connectivity index (χ1n) is 11.4. The molecule has 2 N–H and O–H groups in total. The standard InChI is InChI=1S/C25H26F3N5O2/c1-17(15-23(34)30-19-5-4-6-21(16-19)32-12-2-3-13-32)29-24(35)18-7-9-20(10-8-18)33-14-11-22(31-33)25(26,27)28/h4-11,14,16-17H,2-3,12-13,15H2,1H3,(H,29,35)(H,30,34)/t17-/m0/s1. The van der Waals surface area contributed by atoms with Gasteiger partial charge in [-0.15, -0.1) is 0 Å². The number of amides is 2. The molecule has 2 amide bonds. The number of rotatable bonds is 7. The average Bonchev–Trinajstić information content (AvgIpc) is 3.51. The van der Waals surface area contributed by atoms with Crippen molar-refractivity contribution in [3.05, 3.63) is 72.1 Å². The van der Waals surface area contributed by atoms with E-state index in [9.17, 15) is 22.8 Å². The lowest BCUT2D eigenvalue weighted by atomic mass is 10.1. The molecule has 1 saturated heterocycles. The Balaban J connectivity index is 1.30. The Morgan fingerprint density at radius 3 is 2.40 bits per heavy atom. The monoisotopic (exact) mass is 485 g/mol. The zero-order chi connectivity index (χ0) is 25.0. The highest BCUT2D eigenvalue weighted by atomic mass is 19.4. The zero-order valence-electron chi connectivity index (χ0n) is 19.2. The van der Waals surface area contributed by atoms with Gasteiger partial charge in [0.1, 0.15) is 0 Å². The molecule has 1 aliphatic rings. The van der Waals surface area contributed by atoms with Gasteiger partial charge in [0.15, 0.2) is 5.69 Å². The van der Waals surface area contributed by atoms with E-state index in [0.717, 1.165) is 29.5 Å². The lowest BCUT2D eigenvalue weighted by Gasteiger charge is -2.19. The summed E-state index contributed by atoms with van der Waals surface area (Å²) in [4.78, 5) is 27.3. The molecule has 4 rings (SSSR count). The molecule has 0 bridgehead atoms. The third-order valence-electron chi connectivity index (χ3n) is 5.74. The first-order valence-corrected chi connectivity index (χ1v) is 11.4. The number of halogens is 3. The van der Waals surface area contributed by atoms with Crippen LogP contribution in [0.15, 0.2) is 60.8 Å². The van der Waals surface area contributed by atoms with Crippen LogP contribution in [0.25, 0.3) is 5.69 Å². The number of alkyl halides is 3. The lowest BCUT2D eigenvalue weighted by Crippen LogP contribution is -2.35. The van der Waals surface area contributed by atoms with Gasteiger partial charge in [-0.25, -0.2) is 4.68 Å². The average molecular weight is 486 g/mol. The van der Waals surface area contributed by atoms with Crippen molar-refractivity contribution in [2.75, 3.05) is 23.3 Å². The predicted octanol–water partition coefficient (Wildman–Crippen LogP) is 4.64. The van der Waals surface area contributed by atoms with Crippen molar-refractivity contribution >= 4 is 23.2 Å². The normalized spacial score (nSPS) is 14.6. The fourth-order valence-electron chi connectivity index (χ4n) is 3.99. The molecule has 10 heteroatoms. The lowest BCUT2D eigenvalue weighted by molar-refractivity contribution is -0.141. The Bertz CT molecular complexity index is 1180. The fraction of sp³-hybridized carbons (Fsp3) is 0.320. The van der Waals surface area contributed by atoms with Gasteiger partial charge in [-0.3, -0.25) is 9.59 Å². The summed E-state index contributed by atoms with van der Waals surface area (Å²) in [5, 5.41) is 9.17. The molecule has 3 aromatic rings. The summed E-state index contributed by atoms with van der Waals surface area (Å²) in [6.07, 6.45) is -0.896. The number of aromatic nitrogens is 2. The van der Waals surface area contributed by atoms with Gasteiger partial charge in [0.05, 0.1) is 5.69 Å². The minimum absolute atomic E-state index is 0.0886. The maximum atomic E-state index is 12.7. The van der Waals surface area contributed by atoms with E-state index < -0.39 is 17.9 Å². The number of hydrogen-bond acceptors (Lipinski definition) is 4. The summed E-state index contributed by atoms with van der Waals surface area (Å²) in [6, 6.07) is 14.2. The minimum atomic E-state index is -4.52. The molecule has 2 aromatic carbocycles. The number of carbonyl (C=O) groups excluding carboxylic acids is 2.